The van der Waals surface area contributed by atoms with Gasteiger partial charge in [-0.2, -0.15) is 0 Å². The fraction of sp³-hybridized carbons (Fsp3) is 0.462. The summed E-state index contributed by atoms with van der Waals surface area (Å²) in [5, 5.41) is 2.51. The molecule has 0 heterocycles. The van der Waals surface area contributed by atoms with Crippen molar-refractivity contribution in [1.29, 1.82) is 0 Å². The van der Waals surface area contributed by atoms with E-state index in [1.165, 1.54) is 0 Å². The molecule has 1 saturated carbocycles. The number of alkyl carbamates (subject to hydrolysis) is 1. The molecule has 1 aliphatic rings. The Morgan fingerprint density at radius 3 is 2.67 bits per heavy atom. The Hall–Kier alpha value is -1.65. The number of hydrogen-bond donors (Lipinski definition) is 1. The average molecular weight is 255 g/mol. The van der Waals surface area contributed by atoms with Crippen LogP contribution >= 0.6 is 0 Å². The zero-order valence-electron chi connectivity index (χ0n) is 9.86. The molecule has 1 N–H and O–H groups in total. The molecule has 1 fully saturated rings. The zero-order chi connectivity index (χ0) is 13.0. The summed E-state index contributed by atoms with van der Waals surface area (Å²) in [6.45, 7) is -0.826. The van der Waals surface area contributed by atoms with Crippen LogP contribution in [0.4, 0.5) is 13.6 Å². The van der Waals surface area contributed by atoms with Crippen LogP contribution in [0.2, 0.25) is 0 Å². The molecule has 18 heavy (non-hydrogen) atoms. The summed E-state index contributed by atoms with van der Waals surface area (Å²) in [4.78, 5) is 11.4. The van der Waals surface area contributed by atoms with E-state index in [2.05, 4.69) is 5.32 Å². The van der Waals surface area contributed by atoms with Crippen molar-refractivity contribution in [2.45, 2.75) is 31.2 Å². The molecular formula is C13H15F2NO2. The zero-order valence-corrected chi connectivity index (χ0v) is 9.86. The molecule has 1 aliphatic carbocycles. The summed E-state index contributed by atoms with van der Waals surface area (Å²) in [6, 6.07) is 8.92. The number of benzene rings is 1. The molecule has 0 bridgehead atoms. The lowest BCUT2D eigenvalue weighted by atomic mass is 9.78. The molecule has 0 saturated heterocycles. The first kappa shape index (κ1) is 12.8. The van der Waals surface area contributed by atoms with Crippen molar-refractivity contribution < 1.29 is 18.3 Å². The number of nitrogens with one attached hydrogen (secondary N) is 1. The van der Waals surface area contributed by atoms with Crippen molar-refractivity contribution in [2.75, 3.05) is 6.67 Å². The van der Waals surface area contributed by atoms with Gasteiger partial charge in [-0.1, -0.05) is 30.3 Å². The Bertz CT molecular complexity index is 405. The summed E-state index contributed by atoms with van der Waals surface area (Å²) < 4.78 is 30.4. The van der Waals surface area contributed by atoms with Gasteiger partial charge in [0.1, 0.15) is 19.0 Å². The van der Waals surface area contributed by atoms with Crippen molar-refractivity contribution in [2.24, 2.45) is 0 Å². The number of halogens is 2. The van der Waals surface area contributed by atoms with Crippen LogP contribution in [-0.4, -0.2) is 24.5 Å². The molecule has 1 aromatic carbocycles. The minimum absolute atomic E-state index is 0.0178. The van der Waals surface area contributed by atoms with E-state index in [1.54, 1.807) is 0 Å². The van der Waals surface area contributed by atoms with Gasteiger partial charge in [-0.25, -0.2) is 13.6 Å². The van der Waals surface area contributed by atoms with Crippen LogP contribution in [0.15, 0.2) is 30.3 Å². The maximum absolute atomic E-state index is 13.2. The van der Waals surface area contributed by atoms with Gasteiger partial charge in [0.25, 0.3) is 0 Å². The van der Waals surface area contributed by atoms with E-state index < -0.39 is 18.4 Å². The molecule has 3 nitrogen and oxygen atoms in total. The lowest BCUT2D eigenvalue weighted by molar-refractivity contribution is 0.00520. The van der Waals surface area contributed by atoms with Crippen molar-refractivity contribution in [3.05, 3.63) is 35.9 Å². The van der Waals surface area contributed by atoms with Gasteiger partial charge in [-0.05, 0) is 5.56 Å². The van der Waals surface area contributed by atoms with Gasteiger partial charge in [0.05, 0.1) is 0 Å². The third-order valence-electron chi connectivity index (χ3n) is 3.00. The summed E-state index contributed by atoms with van der Waals surface area (Å²) in [5.74, 6) is 0. The van der Waals surface area contributed by atoms with Crippen molar-refractivity contribution in [3.8, 4) is 0 Å². The fourth-order valence-corrected chi connectivity index (χ4v) is 1.97. The first-order valence-electron chi connectivity index (χ1n) is 5.83. The van der Waals surface area contributed by atoms with Gasteiger partial charge in [-0.3, -0.25) is 0 Å². The first-order valence-corrected chi connectivity index (χ1v) is 5.83. The van der Waals surface area contributed by atoms with Crippen LogP contribution in [0.1, 0.15) is 18.4 Å². The average Bonchev–Trinajstić information content (AvgIpc) is 2.35. The second-order valence-electron chi connectivity index (χ2n) is 4.60. The molecule has 1 aromatic rings. The van der Waals surface area contributed by atoms with Crippen LogP contribution in [0.25, 0.3) is 0 Å². The SMILES string of the molecule is O=C(NC1CC(F)(CF)C1)OCc1ccccc1. The summed E-state index contributed by atoms with van der Waals surface area (Å²) in [7, 11) is 0. The Morgan fingerprint density at radius 1 is 1.39 bits per heavy atom. The largest absolute Gasteiger partial charge is 0.445 e. The normalized spacial score (nSPS) is 26.2. The van der Waals surface area contributed by atoms with Gasteiger partial charge < -0.3 is 10.1 Å². The third kappa shape index (κ3) is 3.18. The van der Waals surface area contributed by atoms with Gasteiger partial charge in [0.15, 0.2) is 0 Å². The van der Waals surface area contributed by atoms with E-state index in [0.29, 0.717) is 0 Å². The smallest absolute Gasteiger partial charge is 0.407 e. The highest BCUT2D eigenvalue weighted by molar-refractivity contribution is 5.67. The van der Waals surface area contributed by atoms with E-state index in [1.807, 2.05) is 30.3 Å². The predicted octanol–water partition coefficient (Wildman–Crippen LogP) is 2.75. The Kier molecular flexibility index (Phi) is 3.79. The van der Waals surface area contributed by atoms with Crippen LogP contribution in [0.5, 0.6) is 0 Å². The van der Waals surface area contributed by atoms with E-state index in [9.17, 15) is 13.6 Å². The lowest BCUT2D eigenvalue weighted by Gasteiger charge is -2.39. The summed E-state index contributed by atoms with van der Waals surface area (Å²) >= 11 is 0. The molecular weight excluding hydrogens is 240 g/mol. The van der Waals surface area contributed by atoms with Crippen molar-refractivity contribution in [1.82, 2.24) is 5.32 Å². The lowest BCUT2D eigenvalue weighted by Crippen LogP contribution is -2.53. The van der Waals surface area contributed by atoms with Gasteiger partial charge >= 0.3 is 6.09 Å². The van der Waals surface area contributed by atoms with E-state index >= 15 is 0 Å². The molecule has 0 spiro atoms. The topological polar surface area (TPSA) is 38.3 Å². The number of carbonyl (C=O) groups excluding carboxylic acids is 1. The molecule has 98 valence electrons. The van der Waals surface area contributed by atoms with Gasteiger partial charge in [0, 0.05) is 18.9 Å². The minimum Gasteiger partial charge on any atom is -0.445 e. The van der Waals surface area contributed by atoms with E-state index in [0.717, 1.165) is 5.56 Å². The number of ether oxygens (including phenoxy) is 1. The fourth-order valence-electron chi connectivity index (χ4n) is 1.97. The highest BCUT2D eigenvalue weighted by atomic mass is 19.2. The molecule has 0 aromatic heterocycles. The second kappa shape index (κ2) is 5.33. The van der Waals surface area contributed by atoms with Crippen LogP contribution < -0.4 is 5.32 Å². The highest BCUT2D eigenvalue weighted by Gasteiger charge is 2.45. The Balaban J connectivity index is 1.68. The first-order chi connectivity index (χ1) is 8.61. The molecule has 0 radical (unpaired) electrons. The van der Waals surface area contributed by atoms with E-state index in [4.69, 9.17) is 4.74 Å². The molecule has 2 rings (SSSR count). The highest BCUT2D eigenvalue weighted by Crippen LogP contribution is 2.36. The van der Waals surface area contributed by atoms with Gasteiger partial charge in [-0.15, -0.1) is 0 Å². The molecule has 5 heteroatoms. The molecule has 0 aliphatic heterocycles. The number of carbonyl (C=O) groups is 1. The number of rotatable bonds is 4. The van der Waals surface area contributed by atoms with Crippen molar-refractivity contribution >= 4 is 6.09 Å². The summed E-state index contributed by atoms with van der Waals surface area (Å²) in [5.41, 5.74) is -0.873. The second-order valence-corrected chi connectivity index (χ2v) is 4.60. The summed E-state index contributed by atoms with van der Waals surface area (Å²) in [6.07, 6.45) is -0.557. The Labute approximate surface area is 104 Å². The van der Waals surface area contributed by atoms with Crippen LogP contribution in [-0.2, 0) is 11.3 Å². The Morgan fingerprint density at radius 2 is 2.06 bits per heavy atom. The number of hydrogen-bond acceptors (Lipinski definition) is 2. The standard InChI is InChI=1S/C13H15F2NO2/c14-9-13(15)6-11(7-13)16-12(17)18-8-10-4-2-1-3-5-10/h1-5,11H,6-9H2,(H,16,17). The van der Waals surface area contributed by atoms with Crippen molar-refractivity contribution in [3.63, 3.8) is 0 Å². The maximum Gasteiger partial charge on any atom is 0.407 e. The number of amides is 1. The third-order valence-corrected chi connectivity index (χ3v) is 3.00. The van der Waals surface area contributed by atoms with Gasteiger partial charge in [0.2, 0.25) is 0 Å². The molecule has 0 atom stereocenters. The predicted molar refractivity (Wildman–Crippen MR) is 62.6 cm³/mol. The number of alkyl halides is 2. The van der Waals surface area contributed by atoms with Crippen LogP contribution in [0, 0.1) is 0 Å². The maximum atomic E-state index is 13.2. The quantitative estimate of drug-likeness (QED) is 0.898. The molecule has 1 amide bonds. The van der Waals surface area contributed by atoms with Crippen LogP contribution in [0.3, 0.4) is 0 Å². The molecule has 0 unspecified atom stereocenters. The van der Waals surface area contributed by atoms with E-state index in [-0.39, 0.29) is 25.5 Å². The minimum atomic E-state index is -1.75. The monoisotopic (exact) mass is 255 g/mol.